The Balaban J connectivity index is 2.29. The van der Waals surface area contributed by atoms with Crippen molar-refractivity contribution in [2.24, 2.45) is 0 Å². The van der Waals surface area contributed by atoms with Crippen molar-refractivity contribution >= 4 is 21.8 Å². The van der Waals surface area contributed by atoms with Crippen LogP contribution in [0.3, 0.4) is 0 Å². The van der Waals surface area contributed by atoms with Crippen LogP contribution in [0.2, 0.25) is 0 Å². The van der Waals surface area contributed by atoms with E-state index < -0.39 is 0 Å². The van der Waals surface area contributed by atoms with Gasteiger partial charge in [0, 0.05) is 24.0 Å². The first-order valence-corrected chi connectivity index (χ1v) is 5.92. The second-order valence-corrected chi connectivity index (χ2v) is 5.02. The van der Waals surface area contributed by atoms with E-state index in [-0.39, 0.29) is 5.91 Å². The van der Waals surface area contributed by atoms with Crippen LogP contribution in [0.4, 0.5) is 0 Å². The van der Waals surface area contributed by atoms with Gasteiger partial charge in [-0.1, -0.05) is 22.0 Å². The number of nitrogens with zero attached hydrogens (tertiary/aromatic N) is 1. The fraction of sp³-hybridized carbons (Fsp3) is 0.545. The summed E-state index contributed by atoms with van der Waals surface area (Å²) in [6.07, 6.45) is 7.51. The van der Waals surface area contributed by atoms with E-state index in [9.17, 15) is 4.79 Å². The molecule has 1 amide bonds. The summed E-state index contributed by atoms with van der Waals surface area (Å²) in [6.45, 7) is 2.52. The third-order valence-electron chi connectivity index (χ3n) is 2.80. The van der Waals surface area contributed by atoms with Crippen LogP contribution in [0, 0.1) is 0 Å². The van der Waals surface area contributed by atoms with E-state index in [1.165, 1.54) is 5.57 Å². The highest BCUT2D eigenvalue weighted by molar-refractivity contribution is 9.09. The minimum atomic E-state index is 0.162. The van der Waals surface area contributed by atoms with E-state index in [4.69, 9.17) is 0 Å². The van der Waals surface area contributed by atoms with Gasteiger partial charge in [-0.25, -0.2) is 0 Å². The largest absolute Gasteiger partial charge is 0.313 e. The topological polar surface area (TPSA) is 20.3 Å². The smallest absolute Gasteiger partial charge is 0.223 e. The highest BCUT2D eigenvalue weighted by atomic mass is 79.9. The van der Waals surface area contributed by atoms with Crippen LogP contribution in [0.5, 0.6) is 0 Å². The van der Waals surface area contributed by atoms with E-state index in [0.29, 0.717) is 4.83 Å². The van der Waals surface area contributed by atoms with Crippen molar-refractivity contribution in [1.82, 2.24) is 4.90 Å². The molecule has 0 radical (unpaired) electrons. The van der Waals surface area contributed by atoms with Crippen molar-refractivity contribution in [3.63, 3.8) is 0 Å². The summed E-state index contributed by atoms with van der Waals surface area (Å²) in [4.78, 5) is 13.7. The molecule has 0 spiro atoms. The summed E-state index contributed by atoms with van der Waals surface area (Å²) in [7, 11) is 0. The van der Waals surface area contributed by atoms with E-state index >= 15 is 0 Å². The summed E-state index contributed by atoms with van der Waals surface area (Å²) in [5, 5.41) is 0. The molecule has 14 heavy (non-hydrogen) atoms. The van der Waals surface area contributed by atoms with Gasteiger partial charge in [0.05, 0.1) is 0 Å². The fourth-order valence-corrected chi connectivity index (χ4v) is 2.67. The number of halogens is 1. The van der Waals surface area contributed by atoms with Crippen molar-refractivity contribution in [3.05, 3.63) is 23.4 Å². The molecule has 0 N–H and O–H groups in total. The predicted molar refractivity (Wildman–Crippen MR) is 60.1 cm³/mol. The third-order valence-corrected chi connectivity index (χ3v) is 3.43. The molecule has 0 bridgehead atoms. The first-order valence-electron chi connectivity index (χ1n) is 5.01. The van der Waals surface area contributed by atoms with Gasteiger partial charge in [0.15, 0.2) is 0 Å². The lowest BCUT2D eigenvalue weighted by Crippen LogP contribution is -2.33. The molecule has 0 aromatic carbocycles. The van der Waals surface area contributed by atoms with Crippen molar-refractivity contribution in [2.45, 2.75) is 31.0 Å². The van der Waals surface area contributed by atoms with Crippen LogP contribution < -0.4 is 0 Å². The summed E-state index contributed by atoms with van der Waals surface area (Å²) < 4.78 is 0. The Morgan fingerprint density at radius 1 is 1.64 bits per heavy atom. The number of carbonyl (C=O) groups excluding carboxylic acids is 1. The minimum absolute atomic E-state index is 0.162. The van der Waals surface area contributed by atoms with E-state index in [1.807, 2.05) is 4.90 Å². The van der Waals surface area contributed by atoms with Gasteiger partial charge in [-0.05, 0) is 30.9 Å². The lowest BCUT2D eigenvalue weighted by atomic mass is 9.93. The molecule has 3 heteroatoms. The zero-order valence-electron chi connectivity index (χ0n) is 8.29. The minimum Gasteiger partial charge on any atom is -0.313 e. The first kappa shape index (κ1) is 9.97. The molecule has 1 unspecified atom stereocenters. The van der Waals surface area contributed by atoms with Gasteiger partial charge in [0.25, 0.3) is 0 Å². The van der Waals surface area contributed by atoms with Crippen LogP contribution >= 0.6 is 15.9 Å². The number of allylic oxidation sites excluding steroid dienone is 3. The van der Waals surface area contributed by atoms with Gasteiger partial charge in [-0.2, -0.15) is 0 Å². The maximum atomic E-state index is 11.4. The average molecular weight is 256 g/mol. The third kappa shape index (κ3) is 1.78. The van der Waals surface area contributed by atoms with Crippen LogP contribution in [0.1, 0.15) is 26.2 Å². The molecule has 0 aromatic heterocycles. The molecule has 0 saturated heterocycles. The molecule has 1 heterocycles. The van der Waals surface area contributed by atoms with E-state index in [1.54, 1.807) is 6.92 Å². The van der Waals surface area contributed by atoms with E-state index in [0.717, 1.165) is 31.5 Å². The van der Waals surface area contributed by atoms with Crippen molar-refractivity contribution in [2.75, 3.05) is 6.54 Å². The standard InChI is InChI=1S/C11H14BrNO/c1-8(14)13-6-2-3-9-7-10(12)4-5-11(9)13/h4-5,10H,2-3,6-7H2,1H3. The molecule has 0 aromatic rings. The Hall–Kier alpha value is -0.570. The molecule has 76 valence electrons. The highest BCUT2D eigenvalue weighted by Crippen LogP contribution is 2.32. The van der Waals surface area contributed by atoms with Gasteiger partial charge < -0.3 is 4.90 Å². The van der Waals surface area contributed by atoms with Crippen molar-refractivity contribution in [3.8, 4) is 0 Å². The summed E-state index contributed by atoms with van der Waals surface area (Å²) in [6, 6.07) is 0. The quantitative estimate of drug-likeness (QED) is 0.610. The van der Waals surface area contributed by atoms with Gasteiger partial charge in [0.2, 0.25) is 5.91 Å². The Bertz CT molecular complexity index is 319. The van der Waals surface area contributed by atoms with Crippen molar-refractivity contribution < 1.29 is 4.79 Å². The number of amides is 1. The highest BCUT2D eigenvalue weighted by Gasteiger charge is 2.24. The van der Waals surface area contributed by atoms with Crippen LogP contribution in [-0.4, -0.2) is 22.2 Å². The second-order valence-electron chi connectivity index (χ2n) is 3.84. The number of hydrogen-bond acceptors (Lipinski definition) is 1. The zero-order chi connectivity index (χ0) is 10.1. The maximum Gasteiger partial charge on any atom is 0.223 e. The molecular formula is C11H14BrNO. The monoisotopic (exact) mass is 255 g/mol. The Kier molecular flexibility index (Phi) is 2.77. The number of carbonyl (C=O) groups is 1. The Morgan fingerprint density at radius 2 is 2.43 bits per heavy atom. The average Bonchev–Trinajstić information content (AvgIpc) is 2.16. The summed E-state index contributed by atoms with van der Waals surface area (Å²) in [5.74, 6) is 0.162. The lowest BCUT2D eigenvalue weighted by molar-refractivity contribution is -0.127. The van der Waals surface area contributed by atoms with Crippen LogP contribution in [0.25, 0.3) is 0 Å². The molecule has 1 atom stereocenters. The number of rotatable bonds is 0. The SMILES string of the molecule is CC(=O)N1CCCC2=C1C=CC(Br)C2. The predicted octanol–water partition coefficient (Wildman–Crippen LogP) is 2.61. The molecule has 0 fully saturated rings. The number of alkyl halides is 1. The zero-order valence-corrected chi connectivity index (χ0v) is 9.88. The molecule has 2 aliphatic rings. The lowest BCUT2D eigenvalue weighted by Gasteiger charge is -2.32. The van der Waals surface area contributed by atoms with Gasteiger partial charge in [-0.15, -0.1) is 0 Å². The summed E-state index contributed by atoms with van der Waals surface area (Å²) >= 11 is 3.58. The molecule has 2 rings (SSSR count). The van der Waals surface area contributed by atoms with Crippen molar-refractivity contribution in [1.29, 1.82) is 0 Å². The molecule has 2 nitrogen and oxygen atoms in total. The van der Waals surface area contributed by atoms with Crippen LogP contribution in [-0.2, 0) is 4.79 Å². The molecule has 1 aliphatic carbocycles. The molecule has 1 aliphatic heterocycles. The van der Waals surface area contributed by atoms with Gasteiger partial charge >= 0.3 is 0 Å². The van der Waals surface area contributed by atoms with Gasteiger partial charge in [0.1, 0.15) is 0 Å². The molecule has 0 saturated carbocycles. The van der Waals surface area contributed by atoms with Gasteiger partial charge in [-0.3, -0.25) is 4.79 Å². The fourth-order valence-electron chi connectivity index (χ4n) is 2.13. The molecular weight excluding hydrogens is 242 g/mol. The summed E-state index contributed by atoms with van der Waals surface area (Å²) in [5.41, 5.74) is 2.58. The van der Waals surface area contributed by atoms with E-state index in [2.05, 4.69) is 28.1 Å². The second kappa shape index (κ2) is 3.89. The first-order chi connectivity index (χ1) is 6.68. The Labute approximate surface area is 92.8 Å². The number of hydrogen-bond donors (Lipinski definition) is 0. The normalized spacial score (nSPS) is 26.4. The van der Waals surface area contributed by atoms with Crippen LogP contribution in [0.15, 0.2) is 23.4 Å². The Morgan fingerprint density at radius 3 is 3.14 bits per heavy atom. The maximum absolute atomic E-state index is 11.4.